The Labute approximate surface area is 121 Å². The van der Waals surface area contributed by atoms with E-state index in [4.69, 9.17) is 4.42 Å². The van der Waals surface area contributed by atoms with Gasteiger partial charge in [0.05, 0.1) is 11.8 Å². The summed E-state index contributed by atoms with van der Waals surface area (Å²) in [5.74, 6) is 0.281. The summed E-state index contributed by atoms with van der Waals surface area (Å²) >= 11 is 0. The van der Waals surface area contributed by atoms with Crippen molar-refractivity contribution in [3.8, 4) is 0 Å². The summed E-state index contributed by atoms with van der Waals surface area (Å²) in [7, 11) is 1.78. The Balaban J connectivity index is 1.88. The van der Waals surface area contributed by atoms with E-state index in [2.05, 4.69) is 16.0 Å². The van der Waals surface area contributed by atoms with Crippen LogP contribution in [0.4, 0.5) is 0 Å². The number of carbonyl (C=O) groups is 2. The van der Waals surface area contributed by atoms with E-state index in [-0.39, 0.29) is 0 Å². The van der Waals surface area contributed by atoms with Crippen LogP contribution >= 0.6 is 0 Å². The van der Waals surface area contributed by atoms with E-state index >= 15 is 0 Å². The van der Waals surface area contributed by atoms with Gasteiger partial charge in [0.1, 0.15) is 11.5 Å². The van der Waals surface area contributed by atoms with Crippen LogP contribution in [0.3, 0.4) is 0 Å². The highest BCUT2D eigenvalue weighted by Gasteiger charge is 2.13. The van der Waals surface area contributed by atoms with E-state index in [1.807, 2.05) is 0 Å². The quantitative estimate of drug-likeness (QED) is 0.654. The van der Waals surface area contributed by atoms with Crippen molar-refractivity contribution in [2.45, 2.75) is 13.8 Å². The molecule has 2 rings (SSSR count). The van der Waals surface area contributed by atoms with Crippen molar-refractivity contribution in [1.29, 1.82) is 0 Å². The molecule has 0 aliphatic heterocycles. The second kappa shape index (κ2) is 6.08. The molecule has 0 fully saturated rings. The molecule has 0 aromatic carbocycles. The lowest BCUT2D eigenvalue weighted by Crippen LogP contribution is -2.40. The number of nitrogens with one attached hydrogen (secondary N) is 2. The molecule has 7 heteroatoms. The molecular weight excluding hydrogens is 272 g/mol. The van der Waals surface area contributed by atoms with Crippen LogP contribution in [-0.2, 0) is 11.8 Å². The Hall–Kier alpha value is -2.83. The van der Waals surface area contributed by atoms with Crippen molar-refractivity contribution in [2.75, 3.05) is 0 Å². The van der Waals surface area contributed by atoms with E-state index < -0.39 is 11.8 Å². The minimum absolute atomic E-state index is 0.393. The summed E-state index contributed by atoms with van der Waals surface area (Å²) < 4.78 is 6.88. The molecular formula is C14H16N4O3. The van der Waals surface area contributed by atoms with Crippen LogP contribution < -0.4 is 10.9 Å². The van der Waals surface area contributed by atoms with Crippen molar-refractivity contribution >= 4 is 17.9 Å². The first-order valence-corrected chi connectivity index (χ1v) is 6.30. The number of hydrogen-bond acceptors (Lipinski definition) is 4. The van der Waals surface area contributed by atoms with Crippen molar-refractivity contribution in [1.82, 2.24) is 20.6 Å². The Morgan fingerprint density at radius 3 is 2.67 bits per heavy atom. The molecule has 0 aliphatic rings. The summed E-state index contributed by atoms with van der Waals surface area (Å²) in [5.41, 5.74) is 5.81. The minimum Gasteiger partial charge on any atom is -0.466 e. The number of hydrogen-bond donors (Lipinski definition) is 2. The van der Waals surface area contributed by atoms with Crippen molar-refractivity contribution in [3.63, 3.8) is 0 Å². The van der Waals surface area contributed by atoms with Gasteiger partial charge in [-0.05, 0) is 26.0 Å². The first kappa shape index (κ1) is 14.6. The van der Waals surface area contributed by atoms with Gasteiger partial charge >= 0.3 is 0 Å². The molecule has 2 aromatic heterocycles. The fraction of sp³-hybridized carbons (Fsp3) is 0.214. The highest BCUT2D eigenvalue weighted by molar-refractivity contribution is 5.98. The fourth-order valence-corrected chi connectivity index (χ4v) is 1.78. The molecule has 0 unspecified atom stereocenters. The van der Waals surface area contributed by atoms with Crippen LogP contribution in [0.5, 0.6) is 0 Å². The molecule has 2 heterocycles. The number of nitrogens with zero attached hydrogens (tertiary/aromatic N) is 2. The van der Waals surface area contributed by atoms with E-state index in [1.165, 1.54) is 6.08 Å². The van der Waals surface area contributed by atoms with Crippen LogP contribution in [0.1, 0.15) is 27.4 Å². The van der Waals surface area contributed by atoms with Gasteiger partial charge in [-0.1, -0.05) is 0 Å². The van der Waals surface area contributed by atoms with Gasteiger partial charge in [0.2, 0.25) is 0 Å². The number of aromatic nitrogens is 2. The normalized spacial score (nSPS) is 10.8. The first-order chi connectivity index (χ1) is 9.95. The molecule has 110 valence electrons. The Kier molecular flexibility index (Phi) is 4.22. The molecule has 2 aromatic rings. The van der Waals surface area contributed by atoms with Gasteiger partial charge in [-0.2, -0.15) is 5.10 Å². The van der Waals surface area contributed by atoms with E-state index in [1.54, 1.807) is 50.1 Å². The maximum Gasteiger partial charge on any atom is 0.273 e. The molecule has 0 atom stereocenters. The molecule has 0 saturated heterocycles. The average molecular weight is 288 g/mol. The molecule has 2 N–H and O–H groups in total. The smallest absolute Gasteiger partial charge is 0.273 e. The third-order valence-corrected chi connectivity index (χ3v) is 2.74. The first-order valence-electron chi connectivity index (χ1n) is 6.30. The molecule has 0 saturated carbocycles. The van der Waals surface area contributed by atoms with E-state index in [0.717, 1.165) is 5.56 Å². The minimum atomic E-state index is -0.440. The molecule has 0 spiro atoms. The Morgan fingerprint density at radius 2 is 2.10 bits per heavy atom. The topological polar surface area (TPSA) is 89.2 Å². The number of hydrazine groups is 1. The number of carbonyl (C=O) groups excluding carboxylic acids is 2. The fourth-order valence-electron chi connectivity index (χ4n) is 1.78. The van der Waals surface area contributed by atoms with Crippen LogP contribution in [0.25, 0.3) is 6.08 Å². The van der Waals surface area contributed by atoms with E-state index in [9.17, 15) is 9.59 Å². The van der Waals surface area contributed by atoms with Gasteiger partial charge in [0.15, 0.2) is 0 Å². The van der Waals surface area contributed by atoms with Crippen molar-refractivity contribution in [3.05, 3.63) is 47.2 Å². The van der Waals surface area contributed by atoms with Crippen molar-refractivity contribution in [2.24, 2.45) is 7.05 Å². The number of amides is 2. The monoisotopic (exact) mass is 288 g/mol. The predicted octanol–water partition coefficient (Wildman–Crippen LogP) is 1.10. The number of rotatable bonds is 3. The molecule has 0 bridgehead atoms. The van der Waals surface area contributed by atoms with Crippen LogP contribution in [0, 0.1) is 13.8 Å². The maximum absolute atomic E-state index is 11.8. The zero-order valence-electron chi connectivity index (χ0n) is 12.0. The third-order valence-electron chi connectivity index (χ3n) is 2.74. The summed E-state index contributed by atoms with van der Waals surface area (Å²) in [6.07, 6.45) is 6.30. The lowest BCUT2D eigenvalue weighted by molar-refractivity contribution is -0.117. The molecule has 2 amide bonds. The highest BCUT2D eigenvalue weighted by Crippen LogP contribution is 2.12. The summed E-state index contributed by atoms with van der Waals surface area (Å²) in [6.45, 7) is 3.44. The van der Waals surface area contributed by atoms with E-state index in [0.29, 0.717) is 17.1 Å². The zero-order valence-corrected chi connectivity index (χ0v) is 12.0. The van der Waals surface area contributed by atoms with Crippen LogP contribution in [0.15, 0.2) is 29.0 Å². The second-order valence-electron chi connectivity index (χ2n) is 4.55. The van der Waals surface area contributed by atoms with Crippen molar-refractivity contribution < 1.29 is 14.0 Å². The Bertz CT molecular complexity index is 697. The SMILES string of the molecule is Cc1cc(C(=O)NNC(=O)C=Cc2cnn(C)c2)c(C)o1. The highest BCUT2D eigenvalue weighted by atomic mass is 16.3. The van der Waals surface area contributed by atoms with Gasteiger partial charge in [-0.25, -0.2) is 0 Å². The molecule has 0 radical (unpaired) electrons. The number of aryl methyl sites for hydroxylation is 3. The lowest BCUT2D eigenvalue weighted by Gasteiger charge is -2.03. The zero-order chi connectivity index (χ0) is 15.4. The van der Waals surface area contributed by atoms with Gasteiger partial charge in [-0.15, -0.1) is 0 Å². The summed E-state index contributed by atoms with van der Waals surface area (Å²) in [5, 5.41) is 3.97. The average Bonchev–Trinajstić information content (AvgIpc) is 2.99. The van der Waals surface area contributed by atoms with Gasteiger partial charge in [0.25, 0.3) is 11.8 Å². The lowest BCUT2D eigenvalue weighted by atomic mass is 10.2. The Morgan fingerprint density at radius 1 is 1.33 bits per heavy atom. The van der Waals surface area contributed by atoms with Crippen LogP contribution in [0.2, 0.25) is 0 Å². The number of furan rings is 1. The van der Waals surface area contributed by atoms with Gasteiger partial charge < -0.3 is 4.42 Å². The summed E-state index contributed by atoms with van der Waals surface area (Å²) in [6, 6.07) is 1.61. The second-order valence-corrected chi connectivity index (χ2v) is 4.55. The molecule has 0 aliphatic carbocycles. The largest absolute Gasteiger partial charge is 0.466 e. The summed E-state index contributed by atoms with van der Waals surface area (Å²) in [4.78, 5) is 23.4. The van der Waals surface area contributed by atoms with Gasteiger partial charge in [0, 0.05) is 24.9 Å². The maximum atomic E-state index is 11.8. The molecule has 7 nitrogen and oxygen atoms in total. The standard InChI is InChI=1S/C14H16N4O3/c1-9-6-12(10(2)21-9)14(20)17-16-13(19)5-4-11-7-15-18(3)8-11/h4-8H,1-3H3,(H,16,19)(H,17,20). The predicted molar refractivity (Wildman–Crippen MR) is 76.0 cm³/mol. The molecule has 21 heavy (non-hydrogen) atoms. The van der Waals surface area contributed by atoms with Gasteiger partial charge in [-0.3, -0.25) is 25.1 Å². The third kappa shape index (κ3) is 3.82. The van der Waals surface area contributed by atoms with Crippen LogP contribution in [-0.4, -0.2) is 21.6 Å².